The summed E-state index contributed by atoms with van der Waals surface area (Å²) in [6, 6.07) is 4.54. The van der Waals surface area contributed by atoms with E-state index in [1.54, 1.807) is 0 Å². The molecule has 3 heteroatoms. The quantitative estimate of drug-likeness (QED) is 0.812. The first-order valence-electron chi connectivity index (χ1n) is 6.13. The lowest BCUT2D eigenvalue weighted by Gasteiger charge is -2.31. The first-order chi connectivity index (χ1) is 7.90. The SMILES string of the molecule is OCC1CCCCC1NCc1ccncc1. The monoisotopic (exact) mass is 220 g/mol. The van der Waals surface area contributed by atoms with Crippen LogP contribution in [-0.4, -0.2) is 22.7 Å². The smallest absolute Gasteiger partial charge is 0.0474 e. The number of nitrogens with one attached hydrogen (secondary N) is 1. The number of aliphatic hydroxyl groups is 1. The fraction of sp³-hybridized carbons (Fsp3) is 0.615. The van der Waals surface area contributed by atoms with Crippen molar-refractivity contribution in [2.45, 2.75) is 38.3 Å². The normalized spacial score (nSPS) is 25.6. The lowest BCUT2D eigenvalue weighted by atomic mass is 9.85. The van der Waals surface area contributed by atoms with E-state index in [0.717, 1.165) is 13.0 Å². The molecule has 2 atom stereocenters. The largest absolute Gasteiger partial charge is 0.396 e. The van der Waals surface area contributed by atoms with E-state index in [1.807, 2.05) is 24.5 Å². The van der Waals surface area contributed by atoms with Crippen molar-refractivity contribution < 1.29 is 5.11 Å². The van der Waals surface area contributed by atoms with Crippen LogP contribution in [0, 0.1) is 5.92 Å². The molecule has 2 unspecified atom stereocenters. The second kappa shape index (κ2) is 5.97. The number of pyridine rings is 1. The molecule has 1 heterocycles. The summed E-state index contributed by atoms with van der Waals surface area (Å²) in [7, 11) is 0. The van der Waals surface area contributed by atoms with Crippen LogP contribution in [0.3, 0.4) is 0 Å². The van der Waals surface area contributed by atoms with Crippen LogP contribution >= 0.6 is 0 Å². The highest BCUT2D eigenvalue weighted by Crippen LogP contribution is 2.24. The fourth-order valence-corrected chi connectivity index (χ4v) is 2.44. The molecule has 1 fully saturated rings. The number of rotatable bonds is 4. The number of hydrogen-bond donors (Lipinski definition) is 2. The number of aromatic nitrogens is 1. The summed E-state index contributed by atoms with van der Waals surface area (Å²) in [6.45, 7) is 1.19. The minimum Gasteiger partial charge on any atom is -0.396 e. The van der Waals surface area contributed by atoms with Gasteiger partial charge in [-0.3, -0.25) is 4.98 Å². The molecule has 1 aliphatic carbocycles. The van der Waals surface area contributed by atoms with Crippen molar-refractivity contribution in [3.05, 3.63) is 30.1 Å². The van der Waals surface area contributed by atoms with Crippen LogP contribution in [0.15, 0.2) is 24.5 Å². The Morgan fingerprint density at radius 3 is 2.75 bits per heavy atom. The summed E-state index contributed by atoms with van der Waals surface area (Å²) in [4.78, 5) is 4.00. The highest BCUT2D eigenvalue weighted by atomic mass is 16.3. The second-order valence-electron chi connectivity index (χ2n) is 4.57. The lowest BCUT2D eigenvalue weighted by Crippen LogP contribution is -2.39. The number of aliphatic hydroxyl groups excluding tert-OH is 1. The van der Waals surface area contributed by atoms with Gasteiger partial charge in [0.05, 0.1) is 0 Å². The average molecular weight is 220 g/mol. The van der Waals surface area contributed by atoms with Gasteiger partial charge in [0.25, 0.3) is 0 Å². The Kier molecular flexibility index (Phi) is 4.31. The summed E-state index contributed by atoms with van der Waals surface area (Å²) < 4.78 is 0. The third kappa shape index (κ3) is 3.03. The van der Waals surface area contributed by atoms with E-state index in [-0.39, 0.29) is 0 Å². The summed E-state index contributed by atoms with van der Waals surface area (Å²) in [5.74, 6) is 0.440. The van der Waals surface area contributed by atoms with E-state index in [9.17, 15) is 5.11 Å². The molecule has 1 aromatic rings. The van der Waals surface area contributed by atoms with Crippen LogP contribution in [0.2, 0.25) is 0 Å². The summed E-state index contributed by atoms with van der Waals surface area (Å²) >= 11 is 0. The van der Waals surface area contributed by atoms with Crippen LogP contribution in [0.5, 0.6) is 0 Å². The molecule has 88 valence electrons. The van der Waals surface area contributed by atoms with Crippen molar-refractivity contribution in [1.29, 1.82) is 0 Å². The number of hydrogen-bond acceptors (Lipinski definition) is 3. The molecule has 1 aromatic heterocycles. The first kappa shape index (κ1) is 11.6. The molecule has 2 N–H and O–H groups in total. The van der Waals surface area contributed by atoms with Gasteiger partial charge in [-0.1, -0.05) is 12.8 Å². The lowest BCUT2D eigenvalue weighted by molar-refractivity contribution is 0.152. The van der Waals surface area contributed by atoms with Gasteiger partial charge in [-0.15, -0.1) is 0 Å². The van der Waals surface area contributed by atoms with Crippen LogP contribution in [0.1, 0.15) is 31.2 Å². The standard InChI is InChI=1S/C13H20N2O/c16-10-12-3-1-2-4-13(12)15-9-11-5-7-14-8-6-11/h5-8,12-13,15-16H,1-4,9-10H2. The van der Waals surface area contributed by atoms with Crippen molar-refractivity contribution in [2.24, 2.45) is 5.92 Å². The molecule has 0 radical (unpaired) electrons. The van der Waals surface area contributed by atoms with Crippen molar-refractivity contribution >= 4 is 0 Å². The summed E-state index contributed by atoms with van der Waals surface area (Å²) in [5, 5.41) is 12.9. The molecule has 3 nitrogen and oxygen atoms in total. The van der Waals surface area contributed by atoms with Gasteiger partial charge in [-0.05, 0) is 36.5 Å². The zero-order valence-electron chi connectivity index (χ0n) is 9.60. The first-order valence-corrected chi connectivity index (χ1v) is 6.13. The van der Waals surface area contributed by atoms with Crippen molar-refractivity contribution in [3.63, 3.8) is 0 Å². The predicted molar refractivity (Wildman–Crippen MR) is 63.9 cm³/mol. The van der Waals surface area contributed by atoms with Gasteiger partial charge < -0.3 is 10.4 Å². The van der Waals surface area contributed by atoms with Crippen LogP contribution in [-0.2, 0) is 6.54 Å². The van der Waals surface area contributed by atoms with Crippen molar-refractivity contribution in [1.82, 2.24) is 10.3 Å². The molecule has 2 rings (SSSR count). The van der Waals surface area contributed by atoms with Crippen molar-refractivity contribution in [2.75, 3.05) is 6.61 Å². The molecule has 0 aromatic carbocycles. The molecule has 16 heavy (non-hydrogen) atoms. The highest BCUT2D eigenvalue weighted by Gasteiger charge is 2.23. The van der Waals surface area contributed by atoms with Gasteiger partial charge in [0.15, 0.2) is 0 Å². The van der Waals surface area contributed by atoms with Gasteiger partial charge in [-0.2, -0.15) is 0 Å². The zero-order chi connectivity index (χ0) is 11.2. The average Bonchev–Trinajstić information content (AvgIpc) is 2.38. The summed E-state index contributed by atoms with van der Waals surface area (Å²) in [6.07, 6.45) is 8.53. The molecule has 0 saturated heterocycles. The molecule has 1 aliphatic rings. The van der Waals surface area contributed by atoms with Crippen LogP contribution < -0.4 is 5.32 Å². The molecule has 0 amide bonds. The van der Waals surface area contributed by atoms with Crippen molar-refractivity contribution in [3.8, 4) is 0 Å². The summed E-state index contributed by atoms with van der Waals surface area (Å²) in [5.41, 5.74) is 1.26. The minimum absolute atomic E-state index is 0.314. The Hall–Kier alpha value is -0.930. The van der Waals surface area contributed by atoms with E-state index < -0.39 is 0 Å². The Balaban J connectivity index is 1.84. The van der Waals surface area contributed by atoms with Gasteiger partial charge in [-0.25, -0.2) is 0 Å². The third-order valence-corrected chi connectivity index (χ3v) is 3.46. The third-order valence-electron chi connectivity index (χ3n) is 3.46. The van der Waals surface area contributed by atoms with E-state index >= 15 is 0 Å². The van der Waals surface area contributed by atoms with E-state index in [4.69, 9.17) is 0 Å². The molecule has 0 aliphatic heterocycles. The van der Waals surface area contributed by atoms with Gasteiger partial charge in [0, 0.05) is 31.6 Å². The number of nitrogens with zero attached hydrogens (tertiary/aromatic N) is 1. The Labute approximate surface area is 96.9 Å². The predicted octanol–water partition coefficient (Wildman–Crippen LogP) is 1.72. The maximum atomic E-state index is 9.31. The Morgan fingerprint density at radius 2 is 2.00 bits per heavy atom. The Morgan fingerprint density at radius 1 is 1.25 bits per heavy atom. The maximum Gasteiger partial charge on any atom is 0.0474 e. The molecule has 0 bridgehead atoms. The highest BCUT2D eigenvalue weighted by molar-refractivity contribution is 5.09. The second-order valence-corrected chi connectivity index (χ2v) is 4.57. The van der Waals surface area contributed by atoms with Gasteiger partial charge in [0.2, 0.25) is 0 Å². The zero-order valence-corrected chi connectivity index (χ0v) is 9.60. The fourth-order valence-electron chi connectivity index (χ4n) is 2.44. The molecule has 0 spiro atoms. The topological polar surface area (TPSA) is 45.1 Å². The van der Waals surface area contributed by atoms with Crippen LogP contribution in [0.4, 0.5) is 0 Å². The molecular weight excluding hydrogens is 200 g/mol. The maximum absolute atomic E-state index is 9.31. The van der Waals surface area contributed by atoms with E-state index in [0.29, 0.717) is 18.6 Å². The minimum atomic E-state index is 0.314. The van der Waals surface area contributed by atoms with Gasteiger partial charge in [0.1, 0.15) is 0 Å². The molecular formula is C13H20N2O. The Bertz CT molecular complexity index is 302. The van der Waals surface area contributed by atoms with Crippen LogP contribution in [0.25, 0.3) is 0 Å². The van der Waals surface area contributed by atoms with E-state index in [2.05, 4.69) is 10.3 Å². The van der Waals surface area contributed by atoms with Gasteiger partial charge >= 0.3 is 0 Å². The van der Waals surface area contributed by atoms with E-state index in [1.165, 1.54) is 24.8 Å². The molecule has 1 saturated carbocycles.